The third-order valence-electron chi connectivity index (χ3n) is 6.03. The van der Waals surface area contributed by atoms with Gasteiger partial charge >= 0.3 is 0 Å². The number of carbonyl (C=O) groups excluding carboxylic acids is 2. The summed E-state index contributed by atoms with van der Waals surface area (Å²) in [6, 6.07) is 19.2. The molecule has 0 saturated carbocycles. The van der Waals surface area contributed by atoms with E-state index in [1.165, 1.54) is 4.90 Å². The molecule has 4 rings (SSSR count). The number of ether oxygens (including phenoxy) is 2. The van der Waals surface area contributed by atoms with E-state index in [2.05, 4.69) is 15.9 Å². The van der Waals surface area contributed by atoms with Gasteiger partial charge in [-0.25, -0.2) is 0 Å². The zero-order valence-electron chi connectivity index (χ0n) is 20.6. The summed E-state index contributed by atoms with van der Waals surface area (Å²) in [5.74, 6) is -0.278. The fraction of sp³-hybridized carbons (Fsp3) is 0.241. The minimum absolute atomic E-state index is 0.0454. The number of hydrogen-bond donors (Lipinski definition) is 1. The molecule has 0 spiro atoms. The van der Waals surface area contributed by atoms with Gasteiger partial charge in [-0.1, -0.05) is 46.3 Å². The molecule has 36 heavy (non-hydrogen) atoms. The molecule has 1 fully saturated rings. The van der Waals surface area contributed by atoms with Crippen LogP contribution in [0.25, 0.3) is 5.76 Å². The number of Topliss-reactive ketones (excluding diaryl/α,β-unsaturated/α-hetero) is 1. The van der Waals surface area contributed by atoms with Gasteiger partial charge in [-0.05, 0) is 73.9 Å². The monoisotopic (exact) mass is 549 g/mol. The minimum Gasteiger partial charge on any atom is -0.507 e. The lowest BCUT2D eigenvalue weighted by atomic mass is 9.94. The third-order valence-corrected chi connectivity index (χ3v) is 6.92. The number of benzene rings is 3. The number of nitrogens with zero attached hydrogens (tertiary/aromatic N) is 1. The maximum atomic E-state index is 13.3. The van der Waals surface area contributed by atoms with E-state index in [0.717, 1.165) is 21.3 Å². The lowest BCUT2D eigenvalue weighted by Gasteiger charge is -2.26. The van der Waals surface area contributed by atoms with Gasteiger partial charge in [-0.15, -0.1) is 0 Å². The molecule has 3 aromatic carbocycles. The van der Waals surface area contributed by atoms with Crippen molar-refractivity contribution < 1.29 is 24.2 Å². The molecule has 1 N–H and O–H groups in total. The van der Waals surface area contributed by atoms with Crippen LogP contribution in [0, 0.1) is 6.92 Å². The van der Waals surface area contributed by atoms with E-state index in [4.69, 9.17) is 9.47 Å². The molecule has 1 saturated heterocycles. The smallest absolute Gasteiger partial charge is 0.295 e. The number of carbonyl (C=O) groups is 2. The van der Waals surface area contributed by atoms with Crippen LogP contribution in [-0.2, 0) is 16.1 Å². The van der Waals surface area contributed by atoms with E-state index < -0.39 is 17.7 Å². The average Bonchev–Trinajstić information content (AvgIpc) is 3.11. The molecule has 1 amide bonds. The number of ketones is 1. The van der Waals surface area contributed by atoms with Gasteiger partial charge in [0.25, 0.3) is 11.7 Å². The van der Waals surface area contributed by atoms with Crippen molar-refractivity contribution in [3.05, 3.63) is 99.0 Å². The zero-order valence-corrected chi connectivity index (χ0v) is 22.2. The molecule has 1 aliphatic heterocycles. The molecule has 0 radical (unpaired) electrons. The van der Waals surface area contributed by atoms with E-state index in [1.54, 1.807) is 37.4 Å². The van der Waals surface area contributed by atoms with Gasteiger partial charge in [0.05, 0.1) is 24.8 Å². The van der Waals surface area contributed by atoms with E-state index >= 15 is 0 Å². The normalized spacial score (nSPS) is 17.1. The Kier molecular flexibility index (Phi) is 7.50. The highest BCUT2D eigenvalue weighted by Crippen LogP contribution is 2.41. The molecule has 186 valence electrons. The second-order valence-corrected chi connectivity index (χ2v) is 9.83. The predicted octanol–water partition coefficient (Wildman–Crippen LogP) is 6.18. The summed E-state index contributed by atoms with van der Waals surface area (Å²) in [7, 11) is 1.56. The number of methoxy groups -OCH3 is 1. The lowest BCUT2D eigenvalue weighted by molar-refractivity contribution is -0.140. The van der Waals surface area contributed by atoms with E-state index in [9.17, 15) is 14.7 Å². The number of amides is 1. The van der Waals surface area contributed by atoms with E-state index in [-0.39, 0.29) is 24.0 Å². The van der Waals surface area contributed by atoms with Crippen LogP contribution in [0.5, 0.6) is 11.5 Å². The molecule has 1 unspecified atom stereocenters. The molecule has 1 heterocycles. The van der Waals surface area contributed by atoms with E-state index in [0.29, 0.717) is 16.9 Å². The number of hydrogen-bond acceptors (Lipinski definition) is 5. The summed E-state index contributed by atoms with van der Waals surface area (Å²) in [5.41, 5.74) is 2.92. The minimum atomic E-state index is -0.782. The predicted molar refractivity (Wildman–Crippen MR) is 142 cm³/mol. The number of halogens is 1. The van der Waals surface area contributed by atoms with Crippen LogP contribution in [-0.4, -0.2) is 34.9 Å². The van der Waals surface area contributed by atoms with Gasteiger partial charge in [-0.2, -0.15) is 0 Å². The first-order valence-electron chi connectivity index (χ1n) is 11.6. The largest absolute Gasteiger partial charge is 0.507 e. The molecule has 3 aromatic rings. The topological polar surface area (TPSA) is 76.1 Å². The van der Waals surface area contributed by atoms with Crippen molar-refractivity contribution in [1.29, 1.82) is 0 Å². The van der Waals surface area contributed by atoms with Crippen molar-refractivity contribution in [3.63, 3.8) is 0 Å². The molecule has 0 bridgehead atoms. The summed E-state index contributed by atoms with van der Waals surface area (Å²) >= 11 is 3.46. The number of likely N-dealkylation sites (tertiary alicyclic amines) is 1. The van der Waals surface area contributed by atoms with Gasteiger partial charge in [0.1, 0.15) is 17.3 Å². The SMILES string of the molecule is COc1cccc(C2/C(=C(/O)c3ccc(Br)c(C)c3)C(=O)C(=O)N2Cc2ccc(OC(C)C)cc2)c1. The second kappa shape index (κ2) is 10.6. The highest BCUT2D eigenvalue weighted by atomic mass is 79.9. The van der Waals surface area contributed by atoms with Crippen LogP contribution in [0.15, 0.2) is 76.8 Å². The van der Waals surface area contributed by atoms with Gasteiger partial charge in [-0.3, -0.25) is 9.59 Å². The summed E-state index contributed by atoms with van der Waals surface area (Å²) in [4.78, 5) is 28.1. The van der Waals surface area contributed by atoms with Crippen molar-refractivity contribution in [3.8, 4) is 11.5 Å². The van der Waals surface area contributed by atoms with Gasteiger partial charge < -0.3 is 19.5 Å². The summed E-state index contributed by atoms with van der Waals surface area (Å²) in [6.07, 6.45) is 0.0454. The fourth-order valence-corrected chi connectivity index (χ4v) is 4.54. The first-order chi connectivity index (χ1) is 17.2. The van der Waals surface area contributed by atoms with Crippen LogP contribution in [0.2, 0.25) is 0 Å². The van der Waals surface area contributed by atoms with E-state index in [1.807, 2.05) is 57.2 Å². The first-order valence-corrected chi connectivity index (χ1v) is 12.4. The average molecular weight is 550 g/mol. The van der Waals surface area contributed by atoms with Crippen LogP contribution < -0.4 is 9.47 Å². The number of aliphatic hydroxyl groups excluding tert-OH is 1. The molecule has 1 atom stereocenters. The zero-order chi connectivity index (χ0) is 26.0. The van der Waals surface area contributed by atoms with Crippen LogP contribution >= 0.6 is 15.9 Å². The standard InChI is InChI=1S/C29H28BrNO5/c1-17(2)36-22-11-8-19(9-12-22)16-31-26(20-6-5-7-23(15-20)35-4)25(28(33)29(31)34)27(32)21-10-13-24(30)18(3)14-21/h5-15,17,26,32H,16H2,1-4H3/b27-25-. The molecular weight excluding hydrogens is 522 g/mol. The summed E-state index contributed by atoms with van der Waals surface area (Å²) < 4.78 is 12.0. The molecule has 7 heteroatoms. The number of rotatable bonds is 7. The maximum absolute atomic E-state index is 13.3. The Morgan fingerprint density at radius 1 is 1.03 bits per heavy atom. The lowest BCUT2D eigenvalue weighted by Crippen LogP contribution is -2.29. The van der Waals surface area contributed by atoms with Crippen LogP contribution in [0.3, 0.4) is 0 Å². The number of aliphatic hydroxyl groups is 1. The summed E-state index contributed by atoms with van der Waals surface area (Å²) in [6.45, 7) is 5.99. The van der Waals surface area contributed by atoms with Crippen molar-refractivity contribution in [2.45, 2.75) is 39.5 Å². The molecule has 0 aromatic heterocycles. The third kappa shape index (κ3) is 5.16. The highest BCUT2D eigenvalue weighted by molar-refractivity contribution is 9.10. The Balaban J connectivity index is 1.80. The molecule has 0 aliphatic carbocycles. The first kappa shape index (κ1) is 25.5. The molecular formula is C29H28BrNO5. The molecule has 1 aliphatic rings. The van der Waals surface area contributed by atoms with Crippen LogP contribution in [0.1, 0.15) is 42.1 Å². The Morgan fingerprint density at radius 3 is 2.39 bits per heavy atom. The van der Waals surface area contributed by atoms with Crippen molar-refractivity contribution >= 4 is 33.4 Å². The Hall–Kier alpha value is -3.58. The maximum Gasteiger partial charge on any atom is 0.295 e. The highest BCUT2D eigenvalue weighted by Gasteiger charge is 2.46. The Bertz CT molecular complexity index is 1330. The van der Waals surface area contributed by atoms with Crippen LogP contribution in [0.4, 0.5) is 0 Å². The van der Waals surface area contributed by atoms with Crippen molar-refractivity contribution in [2.24, 2.45) is 0 Å². The van der Waals surface area contributed by atoms with Gasteiger partial charge in [0.2, 0.25) is 0 Å². The van der Waals surface area contributed by atoms with Crippen molar-refractivity contribution in [2.75, 3.05) is 7.11 Å². The van der Waals surface area contributed by atoms with Gasteiger partial charge in [0, 0.05) is 16.6 Å². The quantitative estimate of drug-likeness (QED) is 0.216. The Morgan fingerprint density at radius 2 is 1.75 bits per heavy atom. The second-order valence-electron chi connectivity index (χ2n) is 8.98. The Labute approximate surface area is 219 Å². The van der Waals surface area contributed by atoms with Crippen molar-refractivity contribution in [1.82, 2.24) is 4.90 Å². The fourth-order valence-electron chi connectivity index (χ4n) is 4.29. The van der Waals surface area contributed by atoms with Gasteiger partial charge in [0.15, 0.2) is 0 Å². The number of aryl methyl sites for hydroxylation is 1. The summed E-state index contributed by atoms with van der Waals surface area (Å²) in [5, 5.41) is 11.3. The molecule has 6 nitrogen and oxygen atoms in total.